The van der Waals surface area contributed by atoms with E-state index in [4.69, 9.17) is 4.74 Å². The number of ether oxygens (including phenoxy) is 1. The topological polar surface area (TPSA) is 21.3 Å². The van der Waals surface area contributed by atoms with Crippen molar-refractivity contribution in [2.24, 2.45) is 0 Å². The lowest BCUT2D eigenvalue weighted by Crippen LogP contribution is -2.58. The molecule has 0 aromatic rings. The molecule has 15 heavy (non-hydrogen) atoms. The van der Waals surface area contributed by atoms with Gasteiger partial charge in [0.05, 0.1) is 11.2 Å². The summed E-state index contributed by atoms with van der Waals surface area (Å²) in [5.41, 5.74) is 0.140. The van der Waals surface area contributed by atoms with Gasteiger partial charge in [0, 0.05) is 13.1 Å². The quantitative estimate of drug-likeness (QED) is 0.757. The SMILES string of the molecule is CCCCC1(CC)CNCC(C)(CC)O1. The Morgan fingerprint density at radius 1 is 1.13 bits per heavy atom. The molecule has 1 heterocycles. The fourth-order valence-electron chi connectivity index (χ4n) is 2.36. The molecule has 2 atom stereocenters. The molecule has 0 aromatic carbocycles. The molecule has 0 amide bonds. The normalized spacial score (nSPS) is 36.8. The second kappa shape index (κ2) is 5.31. The fraction of sp³-hybridized carbons (Fsp3) is 1.00. The van der Waals surface area contributed by atoms with E-state index in [1.54, 1.807) is 0 Å². The molecule has 90 valence electrons. The van der Waals surface area contributed by atoms with Crippen LogP contribution >= 0.6 is 0 Å². The van der Waals surface area contributed by atoms with Crippen LogP contribution in [0.25, 0.3) is 0 Å². The first-order chi connectivity index (χ1) is 7.10. The van der Waals surface area contributed by atoms with Crippen LogP contribution < -0.4 is 5.32 Å². The molecule has 2 heteroatoms. The van der Waals surface area contributed by atoms with Crippen molar-refractivity contribution in [1.29, 1.82) is 0 Å². The summed E-state index contributed by atoms with van der Waals surface area (Å²) in [5, 5.41) is 3.55. The number of rotatable bonds is 5. The molecule has 1 N–H and O–H groups in total. The van der Waals surface area contributed by atoms with E-state index >= 15 is 0 Å². The van der Waals surface area contributed by atoms with E-state index in [0.717, 1.165) is 25.9 Å². The van der Waals surface area contributed by atoms with Crippen molar-refractivity contribution in [3.63, 3.8) is 0 Å². The summed E-state index contributed by atoms with van der Waals surface area (Å²) in [6.45, 7) is 11.0. The predicted octanol–water partition coefficient (Wildman–Crippen LogP) is 3.11. The van der Waals surface area contributed by atoms with Crippen LogP contribution in [0.4, 0.5) is 0 Å². The molecule has 0 spiro atoms. The number of hydrogen-bond acceptors (Lipinski definition) is 2. The minimum Gasteiger partial charge on any atom is -0.366 e. The molecule has 0 radical (unpaired) electrons. The molecule has 0 aliphatic carbocycles. The highest BCUT2D eigenvalue weighted by Crippen LogP contribution is 2.33. The third kappa shape index (κ3) is 3.18. The highest BCUT2D eigenvalue weighted by atomic mass is 16.5. The predicted molar refractivity (Wildman–Crippen MR) is 65.2 cm³/mol. The van der Waals surface area contributed by atoms with E-state index < -0.39 is 0 Å². The molecule has 0 saturated carbocycles. The average molecular weight is 213 g/mol. The van der Waals surface area contributed by atoms with Gasteiger partial charge >= 0.3 is 0 Å². The van der Waals surface area contributed by atoms with Crippen molar-refractivity contribution in [3.05, 3.63) is 0 Å². The van der Waals surface area contributed by atoms with E-state index in [2.05, 4.69) is 33.0 Å². The van der Waals surface area contributed by atoms with Gasteiger partial charge in [-0.2, -0.15) is 0 Å². The van der Waals surface area contributed by atoms with E-state index in [1.165, 1.54) is 19.3 Å². The summed E-state index contributed by atoms with van der Waals surface area (Å²) in [6.07, 6.45) is 5.94. The van der Waals surface area contributed by atoms with E-state index in [9.17, 15) is 0 Å². The summed E-state index contributed by atoms with van der Waals surface area (Å²) in [7, 11) is 0. The van der Waals surface area contributed by atoms with Crippen molar-refractivity contribution in [3.8, 4) is 0 Å². The number of unbranched alkanes of at least 4 members (excludes halogenated alkanes) is 1. The van der Waals surface area contributed by atoms with Gasteiger partial charge in [-0.15, -0.1) is 0 Å². The van der Waals surface area contributed by atoms with Gasteiger partial charge in [0.2, 0.25) is 0 Å². The van der Waals surface area contributed by atoms with Gasteiger partial charge in [0.15, 0.2) is 0 Å². The van der Waals surface area contributed by atoms with Gasteiger partial charge in [-0.25, -0.2) is 0 Å². The van der Waals surface area contributed by atoms with Gasteiger partial charge in [0.25, 0.3) is 0 Å². The third-order valence-corrected chi connectivity index (χ3v) is 3.79. The first-order valence-corrected chi connectivity index (χ1v) is 6.50. The summed E-state index contributed by atoms with van der Waals surface area (Å²) in [4.78, 5) is 0. The summed E-state index contributed by atoms with van der Waals surface area (Å²) < 4.78 is 6.40. The van der Waals surface area contributed by atoms with Crippen LogP contribution in [-0.2, 0) is 4.74 Å². The zero-order valence-electron chi connectivity index (χ0n) is 10.9. The average Bonchev–Trinajstić information content (AvgIpc) is 2.27. The first-order valence-electron chi connectivity index (χ1n) is 6.50. The molecule has 1 fully saturated rings. The number of nitrogens with one attached hydrogen (secondary N) is 1. The molecule has 2 nitrogen and oxygen atoms in total. The van der Waals surface area contributed by atoms with Crippen LogP contribution in [0.3, 0.4) is 0 Å². The maximum atomic E-state index is 6.40. The maximum absolute atomic E-state index is 6.40. The Hall–Kier alpha value is -0.0800. The molecule has 1 rings (SSSR count). The van der Waals surface area contributed by atoms with Gasteiger partial charge in [-0.05, 0) is 26.2 Å². The monoisotopic (exact) mass is 213 g/mol. The Balaban J connectivity index is 2.63. The van der Waals surface area contributed by atoms with Crippen LogP contribution in [0.15, 0.2) is 0 Å². The molecular formula is C13H27NO. The van der Waals surface area contributed by atoms with Crippen LogP contribution in [0.1, 0.15) is 59.8 Å². The van der Waals surface area contributed by atoms with Crippen molar-refractivity contribution in [1.82, 2.24) is 5.32 Å². The van der Waals surface area contributed by atoms with Gasteiger partial charge in [-0.1, -0.05) is 33.6 Å². The minimum atomic E-state index is 0.0437. The zero-order chi connectivity index (χ0) is 11.4. The Bertz CT molecular complexity index is 195. The Morgan fingerprint density at radius 3 is 2.40 bits per heavy atom. The summed E-state index contributed by atoms with van der Waals surface area (Å²) >= 11 is 0. The maximum Gasteiger partial charge on any atom is 0.0811 e. The number of morpholine rings is 1. The van der Waals surface area contributed by atoms with Gasteiger partial charge in [-0.3, -0.25) is 0 Å². The van der Waals surface area contributed by atoms with E-state index in [-0.39, 0.29) is 11.2 Å². The van der Waals surface area contributed by atoms with Crippen molar-refractivity contribution >= 4 is 0 Å². The lowest BCUT2D eigenvalue weighted by atomic mass is 9.88. The highest BCUT2D eigenvalue weighted by molar-refractivity contribution is 4.93. The second-order valence-corrected chi connectivity index (χ2v) is 5.15. The molecule has 0 bridgehead atoms. The molecular weight excluding hydrogens is 186 g/mol. The van der Waals surface area contributed by atoms with E-state index in [1.807, 2.05) is 0 Å². The zero-order valence-corrected chi connectivity index (χ0v) is 10.9. The molecule has 2 unspecified atom stereocenters. The third-order valence-electron chi connectivity index (χ3n) is 3.79. The largest absolute Gasteiger partial charge is 0.366 e. The standard InChI is InChI=1S/C13H27NO/c1-5-8-9-13(7-3)11-14-10-12(4,6-2)15-13/h14H,5-11H2,1-4H3. The van der Waals surface area contributed by atoms with Crippen molar-refractivity contribution in [2.75, 3.05) is 13.1 Å². The Morgan fingerprint density at radius 2 is 1.87 bits per heavy atom. The second-order valence-electron chi connectivity index (χ2n) is 5.15. The van der Waals surface area contributed by atoms with Crippen LogP contribution in [0.5, 0.6) is 0 Å². The summed E-state index contributed by atoms with van der Waals surface area (Å²) in [5.74, 6) is 0. The lowest BCUT2D eigenvalue weighted by molar-refractivity contribution is -0.176. The first kappa shape index (κ1) is 13.0. The van der Waals surface area contributed by atoms with Gasteiger partial charge < -0.3 is 10.1 Å². The van der Waals surface area contributed by atoms with Crippen molar-refractivity contribution in [2.45, 2.75) is 71.0 Å². The smallest absolute Gasteiger partial charge is 0.0811 e. The van der Waals surface area contributed by atoms with Gasteiger partial charge in [0.1, 0.15) is 0 Å². The molecule has 1 aliphatic rings. The minimum absolute atomic E-state index is 0.0437. The molecule has 0 aromatic heterocycles. The fourth-order valence-corrected chi connectivity index (χ4v) is 2.36. The Labute approximate surface area is 94.8 Å². The van der Waals surface area contributed by atoms with E-state index in [0.29, 0.717) is 0 Å². The van der Waals surface area contributed by atoms with Crippen LogP contribution in [0.2, 0.25) is 0 Å². The number of hydrogen-bond donors (Lipinski definition) is 1. The highest BCUT2D eigenvalue weighted by Gasteiger charge is 2.40. The van der Waals surface area contributed by atoms with Crippen LogP contribution in [-0.4, -0.2) is 24.3 Å². The van der Waals surface area contributed by atoms with Crippen molar-refractivity contribution < 1.29 is 4.74 Å². The molecule has 1 saturated heterocycles. The lowest BCUT2D eigenvalue weighted by Gasteiger charge is -2.47. The Kier molecular flexibility index (Phi) is 4.60. The molecule has 1 aliphatic heterocycles. The summed E-state index contributed by atoms with van der Waals surface area (Å²) in [6, 6.07) is 0. The van der Waals surface area contributed by atoms with Crippen LogP contribution in [0, 0.1) is 0 Å².